The van der Waals surface area contributed by atoms with Crippen molar-refractivity contribution in [3.8, 4) is 0 Å². The number of nitrogens with two attached hydrogens (primary N) is 1. The van der Waals surface area contributed by atoms with E-state index in [2.05, 4.69) is 15.4 Å². The monoisotopic (exact) mass is 126 g/mol. The van der Waals surface area contributed by atoms with Crippen LogP contribution < -0.4 is 5.73 Å². The van der Waals surface area contributed by atoms with Gasteiger partial charge in [0.1, 0.15) is 0 Å². The fourth-order valence-corrected chi connectivity index (χ4v) is 0.312. The summed E-state index contributed by atoms with van der Waals surface area (Å²) in [6, 6.07) is 0. The van der Waals surface area contributed by atoms with Crippen LogP contribution in [0.2, 0.25) is 0 Å². The van der Waals surface area contributed by atoms with Crippen molar-refractivity contribution < 1.29 is 9.59 Å². The highest BCUT2D eigenvalue weighted by atomic mass is 16.2. The second-order valence-corrected chi connectivity index (χ2v) is 1.31. The van der Waals surface area contributed by atoms with Crippen molar-refractivity contribution >= 4 is 17.5 Å². The van der Waals surface area contributed by atoms with Crippen LogP contribution in [0.4, 0.5) is 0 Å². The third-order valence-corrected chi connectivity index (χ3v) is 0.715. The number of carbonyl (C=O) groups excluding carboxylic acids is 2. The van der Waals surface area contributed by atoms with Gasteiger partial charge in [-0.15, -0.1) is 5.10 Å². The molecule has 1 rings (SSSR count). The average Bonchev–Trinajstić information content (AvgIpc) is 1.83. The SMILES string of the molecule is NC1=NN=NC(=O)C1=O. The maximum Gasteiger partial charge on any atom is 0.341 e. The highest BCUT2D eigenvalue weighted by Crippen LogP contribution is 1.90. The molecular formula is C3H2N4O2. The Morgan fingerprint density at radius 3 is 2.44 bits per heavy atom. The number of amidine groups is 1. The van der Waals surface area contributed by atoms with Gasteiger partial charge in [0.2, 0.25) is 5.84 Å². The average molecular weight is 126 g/mol. The molecule has 0 aromatic carbocycles. The van der Waals surface area contributed by atoms with Crippen LogP contribution in [0, 0.1) is 0 Å². The zero-order chi connectivity index (χ0) is 6.85. The third kappa shape index (κ3) is 0.809. The molecule has 0 radical (unpaired) electrons. The molecule has 0 spiro atoms. The lowest BCUT2D eigenvalue weighted by molar-refractivity contribution is -0.132. The van der Waals surface area contributed by atoms with E-state index in [0.29, 0.717) is 0 Å². The van der Waals surface area contributed by atoms with Crippen LogP contribution in [-0.4, -0.2) is 17.5 Å². The molecule has 1 aliphatic heterocycles. The highest BCUT2D eigenvalue weighted by Gasteiger charge is 2.20. The van der Waals surface area contributed by atoms with Crippen LogP contribution in [-0.2, 0) is 9.59 Å². The summed E-state index contributed by atoms with van der Waals surface area (Å²) in [5.74, 6) is -2.28. The summed E-state index contributed by atoms with van der Waals surface area (Å²) in [5.41, 5.74) is 4.89. The minimum Gasteiger partial charge on any atom is -0.379 e. The number of nitrogens with zero attached hydrogens (tertiary/aromatic N) is 3. The lowest BCUT2D eigenvalue weighted by Gasteiger charge is -1.93. The van der Waals surface area contributed by atoms with Crippen molar-refractivity contribution in [3.63, 3.8) is 0 Å². The molecule has 0 aromatic rings. The van der Waals surface area contributed by atoms with E-state index in [-0.39, 0.29) is 0 Å². The normalized spacial score (nSPS) is 18.0. The molecule has 0 aromatic heterocycles. The third-order valence-electron chi connectivity index (χ3n) is 0.715. The second-order valence-electron chi connectivity index (χ2n) is 1.31. The summed E-state index contributed by atoms with van der Waals surface area (Å²) in [7, 11) is 0. The molecule has 0 fully saturated rings. The van der Waals surface area contributed by atoms with Gasteiger partial charge in [-0.05, 0) is 5.22 Å². The lowest BCUT2D eigenvalue weighted by Crippen LogP contribution is -2.31. The summed E-state index contributed by atoms with van der Waals surface area (Å²) < 4.78 is 0. The maximum atomic E-state index is 10.4. The number of rotatable bonds is 0. The number of hydrogen-bond donors (Lipinski definition) is 1. The van der Waals surface area contributed by atoms with Crippen molar-refractivity contribution in [1.29, 1.82) is 0 Å². The zero-order valence-corrected chi connectivity index (χ0v) is 4.24. The summed E-state index contributed by atoms with van der Waals surface area (Å²) >= 11 is 0. The van der Waals surface area contributed by atoms with Crippen LogP contribution in [0.15, 0.2) is 15.4 Å². The highest BCUT2D eigenvalue weighted by molar-refractivity contribution is 6.64. The van der Waals surface area contributed by atoms with Crippen LogP contribution in [0.25, 0.3) is 0 Å². The van der Waals surface area contributed by atoms with E-state index in [1.807, 2.05) is 0 Å². The number of Topliss-reactive ketones (excluding diaryl/α,β-unsaturated/α-hetero) is 1. The Balaban J connectivity index is 3.00. The first-order valence-corrected chi connectivity index (χ1v) is 2.04. The summed E-state index contributed by atoms with van der Waals surface area (Å²) in [6.07, 6.45) is 0. The predicted molar refractivity (Wildman–Crippen MR) is 26.5 cm³/mol. The summed E-state index contributed by atoms with van der Waals surface area (Å²) in [4.78, 5) is 20.6. The van der Waals surface area contributed by atoms with Crippen molar-refractivity contribution in [2.24, 2.45) is 21.2 Å². The molecule has 0 bridgehead atoms. The van der Waals surface area contributed by atoms with Crippen LogP contribution in [0.3, 0.4) is 0 Å². The van der Waals surface area contributed by atoms with Gasteiger partial charge in [0.25, 0.3) is 5.78 Å². The van der Waals surface area contributed by atoms with E-state index in [4.69, 9.17) is 5.73 Å². The Morgan fingerprint density at radius 2 is 2.00 bits per heavy atom. The molecule has 6 nitrogen and oxygen atoms in total. The van der Waals surface area contributed by atoms with Gasteiger partial charge in [-0.2, -0.15) is 0 Å². The molecule has 0 aliphatic carbocycles. The Bertz CT molecular complexity index is 228. The van der Waals surface area contributed by atoms with Gasteiger partial charge >= 0.3 is 5.91 Å². The predicted octanol–water partition coefficient (Wildman–Crippen LogP) is -1.18. The topological polar surface area (TPSA) is 97.2 Å². The minimum absolute atomic E-state index is 0.407. The van der Waals surface area contributed by atoms with Gasteiger partial charge in [0.15, 0.2) is 0 Å². The smallest absolute Gasteiger partial charge is 0.341 e. The van der Waals surface area contributed by atoms with E-state index >= 15 is 0 Å². The van der Waals surface area contributed by atoms with Crippen molar-refractivity contribution in [3.05, 3.63) is 0 Å². The summed E-state index contributed by atoms with van der Waals surface area (Å²) in [5, 5.41) is 8.78. The maximum absolute atomic E-state index is 10.4. The first-order chi connectivity index (χ1) is 4.22. The van der Waals surface area contributed by atoms with E-state index < -0.39 is 17.5 Å². The number of amides is 1. The minimum atomic E-state index is -0.970. The Kier molecular flexibility index (Phi) is 1.07. The van der Waals surface area contributed by atoms with Crippen molar-refractivity contribution in [1.82, 2.24) is 0 Å². The van der Waals surface area contributed by atoms with Crippen LogP contribution in [0.1, 0.15) is 0 Å². The van der Waals surface area contributed by atoms with Gasteiger partial charge in [0.05, 0.1) is 0 Å². The fourth-order valence-electron chi connectivity index (χ4n) is 0.312. The van der Waals surface area contributed by atoms with E-state index in [9.17, 15) is 9.59 Å². The molecule has 2 N–H and O–H groups in total. The first kappa shape index (κ1) is 5.54. The van der Waals surface area contributed by atoms with Crippen LogP contribution in [0.5, 0.6) is 0 Å². The molecule has 9 heavy (non-hydrogen) atoms. The molecule has 0 unspecified atom stereocenters. The van der Waals surface area contributed by atoms with Gasteiger partial charge in [-0.3, -0.25) is 9.59 Å². The molecule has 1 aliphatic rings. The Labute approximate surface area is 49.4 Å². The molecule has 0 saturated carbocycles. The molecule has 1 amide bonds. The van der Waals surface area contributed by atoms with E-state index in [1.54, 1.807) is 0 Å². The van der Waals surface area contributed by atoms with Gasteiger partial charge < -0.3 is 5.73 Å². The standard InChI is InChI=1S/C3H2N4O2/c4-2-1(8)3(9)6-7-5-2/h(H2,4,5,6,9). The molecule has 0 atom stereocenters. The quantitative estimate of drug-likeness (QED) is 0.413. The second kappa shape index (κ2) is 1.73. The number of ketones is 1. The fraction of sp³-hybridized carbons (Fsp3) is 0. The first-order valence-electron chi connectivity index (χ1n) is 2.04. The zero-order valence-electron chi connectivity index (χ0n) is 4.24. The number of hydrogen-bond acceptors (Lipinski definition) is 5. The lowest BCUT2D eigenvalue weighted by atomic mass is 10.3. The van der Waals surface area contributed by atoms with Crippen molar-refractivity contribution in [2.45, 2.75) is 0 Å². The Morgan fingerprint density at radius 1 is 1.33 bits per heavy atom. The molecular weight excluding hydrogens is 124 g/mol. The van der Waals surface area contributed by atoms with Crippen LogP contribution >= 0.6 is 0 Å². The summed E-state index contributed by atoms with van der Waals surface area (Å²) in [6.45, 7) is 0. The van der Waals surface area contributed by atoms with Gasteiger partial charge in [-0.1, -0.05) is 5.11 Å². The number of carbonyl (C=O) groups is 2. The molecule has 6 heteroatoms. The molecule has 0 saturated heterocycles. The van der Waals surface area contributed by atoms with E-state index in [0.717, 1.165) is 0 Å². The Hall–Kier alpha value is -1.59. The van der Waals surface area contributed by atoms with E-state index in [1.165, 1.54) is 0 Å². The molecule has 46 valence electrons. The van der Waals surface area contributed by atoms with Gasteiger partial charge in [0, 0.05) is 0 Å². The molecule has 1 heterocycles. The van der Waals surface area contributed by atoms with Gasteiger partial charge in [-0.25, -0.2) is 0 Å². The van der Waals surface area contributed by atoms with Crippen molar-refractivity contribution in [2.75, 3.05) is 0 Å². The largest absolute Gasteiger partial charge is 0.379 e.